The lowest BCUT2D eigenvalue weighted by molar-refractivity contribution is -0.117. The Balaban J connectivity index is 2.20. The molecule has 25 heavy (non-hydrogen) atoms. The number of methoxy groups -OCH3 is 1. The van der Waals surface area contributed by atoms with E-state index in [4.69, 9.17) is 4.74 Å². The highest BCUT2D eigenvalue weighted by Gasteiger charge is 2.37. The highest BCUT2D eigenvalue weighted by Crippen LogP contribution is 2.46. The predicted molar refractivity (Wildman–Crippen MR) is 99.2 cm³/mol. The summed E-state index contributed by atoms with van der Waals surface area (Å²) in [7, 11) is 3.62. The maximum Gasteiger partial charge on any atom is 0.261 e. The van der Waals surface area contributed by atoms with Gasteiger partial charge in [0.05, 0.1) is 0 Å². The van der Waals surface area contributed by atoms with E-state index >= 15 is 0 Å². The molecule has 0 aliphatic carbocycles. The van der Waals surface area contributed by atoms with E-state index in [9.17, 15) is 10.1 Å². The summed E-state index contributed by atoms with van der Waals surface area (Å²) in [6, 6.07) is 10.2. The number of nitriles is 1. The van der Waals surface area contributed by atoms with Crippen LogP contribution in [0, 0.1) is 11.3 Å². The summed E-state index contributed by atoms with van der Waals surface area (Å²) in [5.74, 6) is -0.355. The molecular weight excluding hydrogens is 314 g/mol. The second kappa shape index (κ2) is 8.00. The van der Waals surface area contributed by atoms with Gasteiger partial charge in [0.15, 0.2) is 0 Å². The number of carbonyl (C=O) groups is 1. The Bertz CT molecular complexity index is 742. The highest BCUT2D eigenvalue weighted by atomic mass is 16.5. The van der Waals surface area contributed by atoms with Crippen LogP contribution >= 0.6 is 0 Å². The summed E-state index contributed by atoms with van der Waals surface area (Å²) < 4.78 is 4.94. The number of allylic oxidation sites excluding steroid dienone is 3. The van der Waals surface area contributed by atoms with Crippen LogP contribution < -0.4 is 10.2 Å². The van der Waals surface area contributed by atoms with Gasteiger partial charge in [0, 0.05) is 44.1 Å². The fraction of sp³-hybridized carbons (Fsp3) is 0.400. The van der Waals surface area contributed by atoms with Crippen molar-refractivity contribution in [2.45, 2.75) is 25.7 Å². The number of rotatable bonds is 6. The molecule has 0 bridgehead atoms. The first-order chi connectivity index (χ1) is 11.9. The largest absolute Gasteiger partial charge is 0.385 e. The van der Waals surface area contributed by atoms with Crippen molar-refractivity contribution in [3.63, 3.8) is 0 Å². The SMILES string of the molecule is COCCCNC(=O)C(C#N)=CC=C1N(C)c2ccccc2C1(C)C. The Morgan fingerprint density at radius 2 is 2.12 bits per heavy atom. The molecule has 1 aromatic carbocycles. The van der Waals surface area contributed by atoms with Crippen molar-refractivity contribution < 1.29 is 9.53 Å². The van der Waals surface area contributed by atoms with Crippen molar-refractivity contribution >= 4 is 11.6 Å². The quantitative estimate of drug-likeness (QED) is 0.492. The Morgan fingerprint density at radius 3 is 2.76 bits per heavy atom. The van der Waals surface area contributed by atoms with Gasteiger partial charge in [0.25, 0.3) is 5.91 Å². The molecule has 0 atom stereocenters. The van der Waals surface area contributed by atoms with Gasteiger partial charge in [-0.25, -0.2) is 0 Å². The number of hydrogen-bond acceptors (Lipinski definition) is 4. The van der Waals surface area contributed by atoms with E-state index < -0.39 is 0 Å². The van der Waals surface area contributed by atoms with E-state index in [-0.39, 0.29) is 16.9 Å². The van der Waals surface area contributed by atoms with Gasteiger partial charge in [0.1, 0.15) is 11.6 Å². The molecule has 0 radical (unpaired) electrons. The summed E-state index contributed by atoms with van der Waals surface area (Å²) >= 11 is 0. The standard InChI is InChI=1S/C20H25N3O2/c1-20(2)16-8-5-6-9-17(16)23(3)18(20)11-10-15(14-21)19(24)22-12-7-13-25-4/h5-6,8-11H,7,12-13H2,1-4H3,(H,22,24). The molecule has 132 valence electrons. The third-order valence-electron chi connectivity index (χ3n) is 4.52. The van der Waals surface area contributed by atoms with E-state index in [1.165, 1.54) is 5.56 Å². The normalized spacial score (nSPS) is 17.3. The first-order valence-electron chi connectivity index (χ1n) is 8.36. The summed E-state index contributed by atoms with van der Waals surface area (Å²) in [6.07, 6.45) is 4.19. The van der Waals surface area contributed by atoms with Crippen LogP contribution in [0.3, 0.4) is 0 Å². The van der Waals surface area contributed by atoms with Crippen LogP contribution in [0.1, 0.15) is 25.8 Å². The first kappa shape index (κ1) is 18.8. The lowest BCUT2D eigenvalue weighted by Gasteiger charge is -2.23. The average Bonchev–Trinajstić information content (AvgIpc) is 2.80. The minimum absolute atomic E-state index is 0.102. The number of hydrogen-bond donors (Lipinski definition) is 1. The molecule has 0 unspecified atom stereocenters. The minimum Gasteiger partial charge on any atom is -0.385 e. The monoisotopic (exact) mass is 339 g/mol. The molecule has 0 fully saturated rings. The van der Waals surface area contributed by atoms with E-state index in [0.717, 1.165) is 11.4 Å². The second-order valence-corrected chi connectivity index (χ2v) is 6.55. The zero-order chi connectivity index (χ0) is 18.4. The molecule has 5 heteroatoms. The molecule has 0 saturated heterocycles. The number of amides is 1. The van der Waals surface area contributed by atoms with Crippen LogP contribution in [-0.4, -0.2) is 33.2 Å². The number of para-hydroxylation sites is 1. The molecule has 2 rings (SSSR count). The fourth-order valence-corrected chi connectivity index (χ4v) is 3.14. The topological polar surface area (TPSA) is 65.4 Å². The molecular formula is C20H25N3O2. The van der Waals surface area contributed by atoms with Gasteiger partial charge in [-0.15, -0.1) is 0 Å². The van der Waals surface area contributed by atoms with E-state index in [2.05, 4.69) is 36.2 Å². The number of anilines is 1. The second-order valence-electron chi connectivity index (χ2n) is 6.55. The average molecular weight is 339 g/mol. The van der Waals surface area contributed by atoms with Crippen molar-refractivity contribution in [1.29, 1.82) is 5.26 Å². The Hall–Kier alpha value is -2.58. The van der Waals surface area contributed by atoms with Crippen molar-refractivity contribution in [3.05, 3.63) is 53.3 Å². The molecule has 0 spiro atoms. The molecule has 1 aliphatic rings. The van der Waals surface area contributed by atoms with Gasteiger partial charge in [0.2, 0.25) is 0 Å². The van der Waals surface area contributed by atoms with Crippen LogP contribution in [0.25, 0.3) is 0 Å². The van der Waals surface area contributed by atoms with E-state index in [0.29, 0.717) is 19.6 Å². The Labute approximate surface area is 149 Å². The number of likely N-dealkylation sites (N-methyl/N-ethyl adjacent to an activating group) is 1. The maximum atomic E-state index is 12.1. The van der Waals surface area contributed by atoms with Gasteiger partial charge in [-0.1, -0.05) is 32.0 Å². The summed E-state index contributed by atoms with van der Waals surface area (Å²) in [5, 5.41) is 12.0. The summed E-state index contributed by atoms with van der Waals surface area (Å²) in [4.78, 5) is 14.2. The molecule has 1 aromatic rings. The molecule has 0 aromatic heterocycles. The van der Waals surface area contributed by atoms with Gasteiger partial charge in [-0.2, -0.15) is 5.26 Å². The Morgan fingerprint density at radius 1 is 1.40 bits per heavy atom. The number of nitrogens with one attached hydrogen (secondary N) is 1. The lowest BCUT2D eigenvalue weighted by Crippen LogP contribution is -2.26. The number of benzene rings is 1. The molecule has 1 aliphatic heterocycles. The van der Waals surface area contributed by atoms with E-state index in [1.54, 1.807) is 13.2 Å². The highest BCUT2D eigenvalue weighted by molar-refractivity contribution is 5.97. The molecule has 1 amide bonds. The number of fused-ring (bicyclic) bond motifs is 1. The smallest absolute Gasteiger partial charge is 0.261 e. The van der Waals surface area contributed by atoms with Crippen LogP contribution in [0.15, 0.2) is 47.7 Å². The van der Waals surface area contributed by atoms with Gasteiger partial charge < -0.3 is 15.0 Å². The van der Waals surface area contributed by atoms with Gasteiger partial charge in [-0.05, 0) is 30.2 Å². The number of nitrogens with zero attached hydrogens (tertiary/aromatic N) is 2. The summed E-state index contributed by atoms with van der Waals surface area (Å²) in [6.45, 7) is 5.35. The van der Waals surface area contributed by atoms with Crippen molar-refractivity contribution in [1.82, 2.24) is 5.32 Å². The third-order valence-corrected chi connectivity index (χ3v) is 4.52. The van der Waals surface area contributed by atoms with Crippen molar-refractivity contribution in [2.75, 3.05) is 32.2 Å². The Kier molecular flexibility index (Phi) is 6.00. The van der Waals surface area contributed by atoms with Crippen LogP contribution in [0.4, 0.5) is 5.69 Å². The lowest BCUT2D eigenvalue weighted by atomic mass is 9.83. The fourth-order valence-electron chi connectivity index (χ4n) is 3.14. The zero-order valence-corrected chi connectivity index (χ0v) is 15.3. The van der Waals surface area contributed by atoms with Gasteiger partial charge >= 0.3 is 0 Å². The predicted octanol–water partition coefficient (Wildman–Crippen LogP) is 2.90. The minimum atomic E-state index is -0.355. The summed E-state index contributed by atoms with van der Waals surface area (Å²) in [5.41, 5.74) is 3.35. The van der Waals surface area contributed by atoms with Crippen molar-refractivity contribution in [3.8, 4) is 6.07 Å². The van der Waals surface area contributed by atoms with Crippen LogP contribution in [0.2, 0.25) is 0 Å². The van der Waals surface area contributed by atoms with Crippen LogP contribution in [0.5, 0.6) is 0 Å². The molecule has 1 N–H and O–H groups in total. The molecule has 0 saturated carbocycles. The number of carbonyl (C=O) groups excluding carboxylic acids is 1. The third kappa shape index (κ3) is 3.92. The first-order valence-corrected chi connectivity index (χ1v) is 8.36. The molecule has 1 heterocycles. The molecule has 5 nitrogen and oxygen atoms in total. The van der Waals surface area contributed by atoms with Gasteiger partial charge in [-0.3, -0.25) is 4.79 Å². The zero-order valence-electron chi connectivity index (χ0n) is 15.3. The van der Waals surface area contributed by atoms with Crippen molar-refractivity contribution in [2.24, 2.45) is 0 Å². The maximum absolute atomic E-state index is 12.1. The van der Waals surface area contributed by atoms with Crippen LogP contribution in [-0.2, 0) is 14.9 Å². The number of ether oxygens (including phenoxy) is 1. The van der Waals surface area contributed by atoms with E-state index in [1.807, 2.05) is 31.3 Å².